The second-order valence-corrected chi connectivity index (χ2v) is 5.23. The average Bonchev–Trinajstić information content (AvgIpc) is 2.46. The summed E-state index contributed by atoms with van der Waals surface area (Å²) in [5.41, 5.74) is 0. The van der Waals surface area contributed by atoms with E-state index in [-0.39, 0.29) is 12.8 Å². The van der Waals surface area contributed by atoms with Gasteiger partial charge in [-0.3, -0.25) is 4.74 Å². The summed E-state index contributed by atoms with van der Waals surface area (Å²) in [6.07, 6.45) is -9.74. The van der Waals surface area contributed by atoms with Gasteiger partial charge >= 0.3 is 35.7 Å². The van der Waals surface area contributed by atoms with E-state index in [9.17, 15) is 57.1 Å². The molecule has 0 fully saturated rings. The predicted octanol–water partition coefficient (Wildman–Crippen LogP) is 6.28. The van der Waals surface area contributed by atoms with E-state index >= 15 is 0 Å². The minimum absolute atomic E-state index is 0.124. The lowest BCUT2D eigenvalue weighted by Crippen LogP contribution is -2.70. The molecule has 0 spiro atoms. The third kappa shape index (κ3) is 3.84. The van der Waals surface area contributed by atoms with Crippen LogP contribution in [-0.2, 0) is 4.74 Å². The number of unbranched alkanes of at least 4 members (excludes halogenated alkanes) is 2. The summed E-state index contributed by atoms with van der Waals surface area (Å²) in [6, 6.07) is 0. The molecular formula is C12H13F13O. The monoisotopic (exact) mass is 420 g/mol. The second-order valence-electron chi connectivity index (χ2n) is 5.23. The van der Waals surface area contributed by atoms with Crippen molar-refractivity contribution in [3.63, 3.8) is 0 Å². The molecule has 0 unspecified atom stereocenters. The number of alkyl halides is 13. The van der Waals surface area contributed by atoms with E-state index in [4.69, 9.17) is 0 Å². The zero-order chi connectivity index (χ0) is 21.2. The van der Waals surface area contributed by atoms with E-state index in [1.807, 2.05) is 0 Å². The van der Waals surface area contributed by atoms with E-state index in [1.54, 1.807) is 0 Å². The number of hydrogen-bond acceptors (Lipinski definition) is 1. The van der Waals surface area contributed by atoms with Crippen molar-refractivity contribution in [2.24, 2.45) is 0 Å². The maximum Gasteiger partial charge on any atom is 0.428 e. The molecule has 0 rings (SSSR count). The van der Waals surface area contributed by atoms with Crippen LogP contribution >= 0.6 is 0 Å². The topological polar surface area (TPSA) is 9.23 Å². The van der Waals surface area contributed by atoms with Gasteiger partial charge in [0.2, 0.25) is 0 Å². The quantitative estimate of drug-likeness (QED) is 0.283. The van der Waals surface area contributed by atoms with Gasteiger partial charge in [0.05, 0.1) is 0 Å². The van der Waals surface area contributed by atoms with Gasteiger partial charge in [0.1, 0.15) is 0 Å². The van der Waals surface area contributed by atoms with Crippen LogP contribution in [0.3, 0.4) is 0 Å². The van der Waals surface area contributed by atoms with Gasteiger partial charge in [-0.25, -0.2) is 4.39 Å². The molecule has 0 aromatic rings. The van der Waals surface area contributed by atoms with E-state index in [2.05, 4.69) is 4.74 Å². The fraction of sp³-hybridized carbons (Fsp3) is 1.00. The zero-order valence-electron chi connectivity index (χ0n) is 12.9. The molecular weight excluding hydrogens is 407 g/mol. The van der Waals surface area contributed by atoms with Crippen molar-refractivity contribution in [1.82, 2.24) is 0 Å². The molecule has 0 aromatic carbocycles. The molecule has 0 saturated heterocycles. The van der Waals surface area contributed by atoms with Crippen molar-refractivity contribution in [3.8, 4) is 0 Å². The van der Waals surface area contributed by atoms with Gasteiger partial charge in [0.25, 0.3) is 0 Å². The van der Waals surface area contributed by atoms with Crippen LogP contribution in [0.1, 0.15) is 32.6 Å². The highest BCUT2D eigenvalue weighted by molar-refractivity contribution is 5.10. The Morgan fingerprint density at radius 1 is 0.615 bits per heavy atom. The third-order valence-corrected chi connectivity index (χ3v) is 3.34. The molecule has 0 bridgehead atoms. The highest BCUT2D eigenvalue weighted by Gasteiger charge is 2.90. The highest BCUT2D eigenvalue weighted by atomic mass is 19.4. The number of hydrogen-bond donors (Lipinski definition) is 0. The molecule has 0 saturated carbocycles. The summed E-state index contributed by atoms with van der Waals surface area (Å²) >= 11 is 0. The van der Waals surface area contributed by atoms with Gasteiger partial charge < -0.3 is 0 Å². The molecule has 0 aliphatic rings. The van der Waals surface area contributed by atoms with Gasteiger partial charge in [0.15, 0.2) is 6.86 Å². The zero-order valence-corrected chi connectivity index (χ0v) is 12.9. The second kappa shape index (κ2) is 7.58. The Bertz CT molecular complexity index is 460. The molecule has 0 N–H and O–H groups in total. The Kier molecular flexibility index (Phi) is 7.31. The van der Waals surface area contributed by atoms with Crippen molar-refractivity contribution < 1.29 is 61.8 Å². The average molecular weight is 420 g/mol. The van der Waals surface area contributed by atoms with E-state index in [0.29, 0.717) is 0 Å². The number of ether oxygens (including phenoxy) is 1. The predicted molar refractivity (Wildman–Crippen MR) is 60.9 cm³/mol. The van der Waals surface area contributed by atoms with Crippen molar-refractivity contribution in [2.75, 3.05) is 6.86 Å². The Balaban J connectivity index is 6.01. The maximum atomic E-state index is 13.3. The Labute approximate surface area is 138 Å². The van der Waals surface area contributed by atoms with Crippen LogP contribution in [0.25, 0.3) is 0 Å². The lowest BCUT2D eigenvalue weighted by Gasteiger charge is -2.40. The van der Waals surface area contributed by atoms with Gasteiger partial charge in [-0.15, -0.1) is 0 Å². The Morgan fingerprint density at radius 3 is 1.42 bits per heavy atom. The number of halogens is 13. The normalized spacial score (nSPS) is 15.5. The smallest absolute Gasteiger partial charge is 0.283 e. The summed E-state index contributed by atoms with van der Waals surface area (Å²) in [5.74, 6) is -35.9. The van der Waals surface area contributed by atoms with Crippen molar-refractivity contribution in [3.05, 3.63) is 0 Å². The molecule has 0 aliphatic carbocycles. The Hall–Kier alpha value is -0.950. The first kappa shape index (κ1) is 25.1. The molecule has 158 valence electrons. The Morgan fingerprint density at radius 2 is 1.04 bits per heavy atom. The molecule has 0 radical (unpaired) electrons. The minimum atomic E-state index is -7.73. The highest BCUT2D eigenvalue weighted by Crippen LogP contribution is 2.60. The fourth-order valence-electron chi connectivity index (χ4n) is 1.72. The molecule has 26 heavy (non-hydrogen) atoms. The SMILES string of the molecule is CCCCCC(F)(F)C(F)(F)C(F)(F)C(F)(F)C(F)(F)C(F)(F)OCF. The van der Waals surface area contributed by atoms with Crippen LogP contribution in [0.2, 0.25) is 0 Å². The summed E-state index contributed by atoms with van der Waals surface area (Å²) < 4.78 is 172. The largest absolute Gasteiger partial charge is 0.428 e. The first-order valence-corrected chi connectivity index (χ1v) is 6.84. The van der Waals surface area contributed by atoms with E-state index in [0.717, 1.165) is 0 Å². The first-order chi connectivity index (χ1) is 11.4. The van der Waals surface area contributed by atoms with Crippen molar-refractivity contribution >= 4 is 0 Å². The minimum Gasteiger partial charge on any atom is -0.283 e. The van der Waals surface area contributed by atoms with E-state index in [1.165, 1.54) is 6.92 Å². The summed E-state index contributed by atoms with van der Waals surface area (Å²) in [4.78, 5) is 0. The maximum absolute atomic E-state index is 13.3. The van der Waals surface area contributed by atoms with Crippen molar-refractivity contribution in [2.45, 2.75) is 68.3 Å². The summed E-state index contributed by atoms with van der Waals surface area (Å²) in [5, 5.41) is 0. The molecule has 0 amide bonds. The third-order valence-electron chi connectivity index (χ3n) is 3.34. The molecule has 0 aromatic heterocycles. The van der Waals surface area contributed by atoms with Crippen molar-refractivity contribution in [1.29, 1.82) is 0 Å². The van der Waals surface area contributed by atoms with E-state index < -0.39 is 55.4 Å². The van der Waals surface area contributed by atoms with Gasteiger partial charge in [-0.05, 0) is 6.42 Å². The lowest BCUT2D eigenvalue weighted by atomic mass is 9.91. The van der Waals surface area contributed by atoms with Crippen LogP contribution in [-0.4, -0.2) is 42.6 Å². The number of rotatable bonds is 11. The molecule has 0 heterocycles. The van der Waals surface area contributed by atoms with Crippen LogP contribution in [0.15, 0.2) is 0 Å². The first-order valence-electron chi connectivity index (χ1n) is 6.84. The molecule has 14 heteroatoms. The van der Waals surface area contributed by atoms with Crippen LogP contribution in [0.4, 0.5) is 57.1 Å². The molecule has 0 aliphatic heterocycles. The standard InChI is InChI=1S/C12H13F13O/c1-2-3-4-5-7(14,15)8(16,17)9(18,19)10(20,21)11(22,23)12(24,25)26-6-13/h2-6H2,1H3. The van der Waals surface area contributed by atoms with Gasteiger partial charge in [-0.2, -0.15) is 52.7 Å². The molecule has 0 atom stereocenters. The van der Waals surface area contributed by atoms with Gasteiger partial charge in [-0.1, -0.05) is 19.8 Å². The summed E-state index contributed by atoms with van der Waals surface area (Å²) in [6.45, 7) is -1.50. The van der Waals surface area contributed by atoms with Crippen LogP contribution < -0.4 is 0 Å². The summed E-state index contributed by atoms with van der Waals surface area (Å²) in [7, 11) is 0. The van der Waals surface area contributed by atoms with Crippen LogP contribution in [0.5, 0.6) is 0 Å². The van der Waals surface area contributed by atoms with Gasteiger partial charge in [0, 0.05) is 6.42 Å². The fourth-order valence-corrected chi connectivity index (χ4v) is 1.72. The molecule has 1 nitrogen and oxygen atoms in total. The lowest BCUT2D eigenvalue weighted by molar-refractivity contribution is -0.460. The van der Waals surface area contributed by atoms with Crippen LogP contribution in [0, 0.1) is 0 Å².